The Morgan fingerprint density at radius 2 is 1.90 bits per heavy atom. The molecule has 0 spiro atoms. The maximum Gasteiger partial charge on any atom is 0.248 e. The number of aromatic nitrogens is 2. The van der Waals surface area contributed by atoms with Crippen molar-refractivity contribution in [1.82, 2.24) is 10.2 Å². The third-order valence-electron chi connectivity index (χ3n) is 5.15. The molecule has 1 unspecified atom stereocenters. The minimum atomic E-state index is -0.498. The Morgan fingerprint density at radius 1 is 1.10 bits per heavy atom. The summed E-state index contributed by atoms with van der Waals surface area (Å²) in [5.41, 5.74) is 7.71. The molecule has 0 bridgehead atoms. The van der Waals surface area contributed by atoms with Gasteiger partial charge in [-0.1, -0.05) is 30.3 Å². The van der Waals surface area contributed by atoms with Crippen LogP contribution in [0.4, 0.5) is 10.2 Å². The molecule has 1 atom stereocenters. The fraction of sp³-hybridized carbons (Fsp3) is 0.261. The topological polar surface area (TPSA) is 99.4 Å². The van der Waals surface area contributed by atoms with E-state index in [-0.39, 0.29) is 18.0 Å². The van der Waals surface area contributed by atoms with Gasteiger partial charge in [-0.25, -0.2) is 4.39 Å². The molecule has 7 nitrogen and oxygen atoms in total. The van der Waals surface area contributed by atoms with Crippen LogP contribution in [0.5, 0.6) is 0 Å². The summed E-state index contributed by atoms with van der Waals surface area (Å²) in [7, 11) is 0. The lowest BCUT2D eigenvalue weighted by Gasteiger charge is -2.21. The maximum atomic E-state index is 14.4. The van der Waals surface area contributed by atoms with Crippen LogP contribution in [-0.2, 0) is 9.47 Å². The number of nitrogens with two attached hydrogens (primary N) is 1. The maximum absolute atomic E-state index is 14.4. The minimum absolute atomic E-state index is 0.168. The van der Waals surface area contributed by atoms with Crippen LogP contribution >= 0.6 is 0 Å². The van der Waals surface area contributed by atoms with Gasteiger partial charge in [-0.15, -0.1) is 10.2 Å². The van der Waals surface area contributed by atoms with Crippen molar-refractivity contribution in [1.29, 1.82) is 0 Å². The summed E-state index contributed by atoms with van der Waals surface area (Å²) in [4.78, 5) is 11.4. The number of ether oxygens (including phenoxy) is 2. The van der Waals surface area contributed by atoms with Crippen molar-refractivity contribution in [3.05, 3.63) is 77.6 Å². The van der Waals surface area contributed by atoms with Crippen LogP contribution in [0.1, 0.15) is 28.3 Å². The lowest BCUT2D eigenvalue weighted by molar-refractivity contribution is -0.0505. The molecule has 4 rings (SSSR count). The van der Waals surface area contributed by atoms with Gasteiger partial charge in [0, 0.05) is 30.0 Å². The summed E-state index contributed by atoms with van der Waals surface area (Å²) in [6.07, 6.45) is 0.178. The molecule has 1 aromatic heterocycles. The third kappa shape index (κ3) is 5.22. The molecule has 0 saturated carbocycles. The molecule has 1 aliphatic rings. The molecular formula is C23H23FN4O3. The van der Waals surface area contributed by atoms with Crippen LogP contribution in [0, 0.1) is 5.82 Å². The van der Waals surface area contributed by atoms with E-state index >= 15 is 0 Å². The van der Waals surface area contributed by atoms with E-state index in [9.17, 15) is 9.18 Å². The molecule has 1 aliphatic heterocycles. The molecular weight excluding hydrogens is 399 g/mol. The van der Waals surface area contributed by atoms with Crippen molar-refractivity contribution in [2.45, 2.75) is 18.6 Å². The average molecular weight is 422 g/mol. The molecule has 1 amide bonds. The summed E-state index contributed by atoms with van der Waals surface area (Å²) in [6, 6.07) is 17.2. The highest BCUT2D eigenvalue weighted by Crippen LogP contribution is 2.27. The first-order valence-corrected chi connectivity index (χ1v) is 10.1. The molecule has 0 radical (unpaired) electrons. The van der Waals surface area contributed by atoms with E-state index in [1.54, 1.807) is 42.5 Å². The van der Waals surface area contributed by atoms with Gasteiger partial charge in [-0.2, -0.15) is 0 Å². The summed E-state index contributed by atoms with van der Waals surface area (Å²) in [5, 5.41) is 11.7. The molecule has 3 aromatic rings. The normalized spacial score (nSPS) is 15.0. The lowest BCUT2D eigenvalue weighted by Crippen LogP contribution is -2.21. The first-order valence-electron chi connectivity index (χ1n) is 10.1. The predicted octanol–water partition coefficient (Wildman–Crippen LogP) is 3.34. The number of halogens is 1. The first-order chi connectivity index (χ1) is 15.1. The van der Waals surface area contributed by atoms with E-state index in [0.717, 1.165) is 5.56 Å². The molecule has 31 heavy (non-hydrogen) atoms. The number of rotatable bonds is 8. The predicted molar refractivity (Wildman–Crippen MR) is 114 cm³/mol. The molecule has 0 aliphatic carbocycles. The summed E-state index contributed by atoms with van der Waals surface area (Å²) >= 11 is 0. The van der Waals surface area contributed by atoms with E-state index in [0.29, 0.717) is 48.8 Å². The molecule has 160 valence electrons. The monoisotopic (exact) mass is 422 g/mol. The molecule has 2 aromatic carbocycles. The highest BCUT2D eigenvalue weighted by Gasteiger charge is 2.24. The van der Waals surface area contributed by atoms with E-state index in [4.69, 9.17) is 15.2 Å². The number of benzene rings is 2. The van der Waals surface area contributed by atoms with E-state index in [1.807, 2.05) is 12.1 Å². The quantitative estimate of drug-likeness (QED) is 0.578. The molecule has 2 heterocycles. The standard InChI is InChI=1S/C23H23FN4O3/c24-19-7-2-1-6-18(19)17(13-22-30-10-11-31-22)14-26-21-9-8-20(27-28-21)15-4-3-5-16(12-15)23(25)29/h1-9,12,17,22H,10-11,13-14H2,(H2,25,29)(H,26,28). The number of amides is 1. The fourth-order valence-corrected chi connectivity index (χ4v) is 3.54. The van der Waals surface area contributed by atoms with E-state index in [1.165, 1.54) is 6.07 Å². The molecule has 8 heteroatoms. The Labute approximate surface area is 179 Å². The van der Waals surface area contributed by atoms with E-state index < -0.39 is 5.91 Å². The first kappa shape index (κ1) is 20.9. The Balaban J connectivity index is 1.46. The number of hydrogen-bond donors (Lipinski definition) is 2. The number of anilines is 1. The molecule has 1 saturated heterocycles. The number of carbonyl (C=O) groups is 1. The van der Waals surface area contributed by atoms with Gasteiger partial charge in [0.25, 0.3) is 0 Å². The van der Waals surface area contributed by atoms with Gasteiger partial charge in [-0.05, 0) is 35.9 Å². The molecule has 1 fully saturated rings. The number of primary amides is 1. The average Bonchev–Trinajstić information content (AvgIpc) is 3.31. The highest BCUT2D eigenvalue weighted by molar-refractivity contribution is 5.93. The van der Waals surface area contributed by atoms with Crippen molar-refractivity contribution >= 4 is 11.7 Å². The van der Waals surface area contributed by atoms with Crippen molar-refractivity contribution in [3.63, 3.8) is 0 Å². The van der Waals surface area contributed by atoms with Crippen LogP contribution in [0.2, 0.25) is 0 Å². The number of nitrogens with zero attached hydrogens (tertiary/aromatic N) is 2. The van der Waals surface area contributed by atoms with E-state index in [2.05, 4.69) is 15.5 Å². The van der Waals surface area contributed by atoms with Gasteiger partial charge in [-0.3, -0.25) is 4.79 Å². The second-order valence-corrected chi connectivity index (χ2v) is 7.26. The van der Waals surface area contributed by atoms with Crippen LogP contribution in [0.3, 0.4) is 0 Å². The smallest absolute Gasteiger partial charge is 0.248 e. The van der Waals surface area contributed by atoms with Crippen LogP contribution in [-0.4, -0.2) is 42.2 Å². The van der Waals surface area contributed by atoms with Crippen molar-refractivity contribution in [2.75, 3.05) is 25.1 Å². The van der Waals surface area contributed by atoms with Gasteiger partial charge < -0.3 is 20.5 Å². The Kier molecular flexibility index (Phi) is 6.49. The second kappa shape index (κ2) is 9.63. The largest absolute Gasteiger partial charge is 0.368 e. The Morgan fingerprint density at radius 3 is 2.61 bits per heavy atom. The number of nitrogens with one attached hydrogen (secondary N) is 1. The fourth-order valence-electron chi connectivity index (χ4n) is 3.54. The van der Waals surface area contributed by atoms with Gasteiger partial charge in [0.1, 0.15) is 11.6 Å². The summed E-state index contributed by atoms with van der Waals surface area (Å²) in [6.45, 7) is 1.54. The lowest BCUT2D eigenvalue weighted by atomic mass is 9.94. The van der Waals surface area contributed by atoms with Crippen LogP contribution in [0.25, 0.3) is 11.3 Å². The van der Waals surface area contributed by atoms with Crippen LogP contribution < -0.4 is 11.1 Å². The van der Waals surface area contributed by atoms with Gasteiger partial charge in [0.05, 0.1) is 18.9 Å². The zero-order valence-electron chi connectivity index (χ0n) is 16.8. The zero-order chi connectivity index (χ0) is 21.6. The SMILES string of the molecule is NC(=O)c1cccc(-c2ccc(NCC(CC3OCCO3)c3ccccc3F)nn2)c1. The van der Waals surface area contributed by atoms with Crippen molar-refractivity contribution < 1.29 is 18.7 Å². The Bertz CT molecular complexity index is 1040. The second-order valence-electron chi connectivity index (χ2n) is 7.26. The summed E-state index contributed by atoms with van der Waals surface area (Å²) < 4.78 is 25.5. The summed E-state index contributed by atoms with van der Waals surface area (Å²) in [5.74, 6) is -0.368. The van der Waals surface area contributed by atoms with Crippen LogP contribution in [0.15, 0.2) is 60.7 Å². The molecule has 3 N–H and O–H groups in total. The Hall–Kier alpha value is -3.36. The van der Waals surface area contributed by atoms with Crippen molar-refractivity contribution in [2.24, 2.45) is 5.73 Å². The number of carbonyl (C=O) groups excluding carboxylic acids is 1. The third-order valence-corrected chi connectivity index (χ3v) is 5.15. The van der Waals surface area contributed by atoms with Crippen molar-refractivity contribution in [3.8, 4) is 11.3 Å². The van der Waals surface area contributed by atoms with Gasteiger partial charge in [0.2, 0.25) is 5.91 Å². The minimum Gasteiger partial charge on any atom is -0.368 e. The highest BCUT2D eigenvalue weighted by atomic mass is 19.1. The number of hydrogen-bond acceptors (Lipinski definition) is 6. The zero-order valence-corrected chi connectivity index (χ0v) is 16.8. The van der Waals surface area contributed by atoms with Gasteiger partial charge in [0.15, 0.2) is 6.29 Å². The van der Waals surface area contributed by atoms with Gasteiger partial charge >= 0.3 is 0 Å².